The van der Waals surface area contributed by atoms with E-state index < -0.39 is 18.5 Å². The van der Waals surface area contributed by atoms with Crippen molar-refractivity contribution in [3.8, 4) is 11.1 Å². The first-order chi connectivity index (χ1) is 14.1. The number of hydrogen-bond donors (Lipinski definition) is 1. The molecular weight excluding hydrogens is 368 g/mol. The highest BCUT2D eigenvalue weighted by atomic mass is 16.5. The molecule has 0 fully saturated rings. The van der Waals surface area contributed by atoms with Crippen LogP contribution < -0.4 is 5.32 Å². The molecule has 1 amide bonds. The van der Waals surface area contributed by atoms with Gasteiger partial charge in [0.1, 0.15) is 5.56 Å². The summed E-state index contributed by atoms with van der Waals surface area (Å²) in [6.45, 7) is 1.28. The van der Waals surface area contributed by atoms with Crippen molar-refractivity contribution in [1.29, 1.82) is 0 Å². The van der Waals surface area contributed by atoms with Crippen LogP contribution in [-0.4, -0.2) is 33.1 Å². The minimum atomic E-state index is -0.636. The third-order valence-corrected chi connectivity index (χ3v) is 4.39. The Morgan fingerprint density at radius 3 is 2.62 bits per heavy atom. The first-order valence-corrected chi connectivity index (χ1v) is 9.05. The molecular formula is C22H18N4O3. The molecule has 2 heterocycles. The Labute approximate surface area is 167 Å². The van der Waals surface area contributed by atoms with Crippen LogP contribution in [-0.2, 0) is 9.53 Å². The highest BCUT2D eigenvalue weighted by Gasteiger charge is 2.20. The Bertz CT molecular complexity index is 1190. The third-order valence-electron chi connectivity index (χ3n) is 4.39. The molecule has 29 heavy (non-hydrogen) atoms. The summed E-state index contributed by atoms with van der Waals surface area (Å²) in [7, 11) is 0. The van der Waals surface area contributed by atoms with Crippen molar-refractivity contribution in [2.24, 2.45) is 0 Å². The maximum absolute atomic E-state index is 12.5. The van der Waals surface area contributed by atoms with E-state index in [9.17, 15) is 9.59 Å². The molecule has 0 unspecified atom stereocenters. The van der Waals surface area contributed by atoms with E-state index in [1.54, 1.807) is 31.5 Å². The van der Waals surface area contributed by atoms with Crippen LogP contribution in [0.1, 0.15) is 16.1 Å². The smallest absolute Gasteiger partial charge is 0.344 e. The summed E-state index contributed by atoms with van der Waals surface area (Å²) in [5, 5.41) is 7.04. The summed E-state index contributed by atoms with van der Waals surface area (Å²) in [4.78, 5) is 29.0. The van der Waals surface area contributed by atoms with Gasteiger partial charge in [0.25, 0.3) is 5.91 Å². The second-order valence-electron chi connectivity index (χ2n) is 6.38. The Kier molecular flexibility index (Phi) is 5.03. The summed E-state index contributed by atoms with van der Waals surface area (Å²) in [6, 6.07) is 18.9. The average molecular weight is 386 g/mol. The summed E-state index contributed by atoms with van der Waals surface area (Å²) < 4.78 is 6.71. The zero-order chi connectivity index (χ0) is 20.2. The number of nitrogens with zero attached hydrogens (tertiary/aromatic N) is 3. The molecule has 0 saturated carbocycles. The topological polar surface area (TPSA) is 85.6 Å². The van der Waals surface area contributed by atoms with E-state index in [1.807, 2.05) is 48.5 Å². The molecule has 0 aliphatic carbocycles. The van der Waals surface area contributed by atoms with Crippen LogP contribution >= 0.6 is 0 Å². The number of amides is 1. The molecule has 7 nitrogen and oxygen atoms in total. The number of carbonyl (C=O) groups excluding carboxylic acids is 2. The van der Waals surface area contributed by atoms with Gasteiger partial charge < -0.3 is 10.1 Å². The Morgan fingerprint density at radius 2 is 1.79 bits per heavy atom. The number of anilines is 1. The van der Waals surface area contributed by atoms with Crippen LogP contribution in [0.15, 0.2) is 73.1 Å². The van der Waals surface area contributed by atoms with Crippen LogP contribution in [0.2, 0.25) is 0 Å². The molecule has 0 aliphatic rings. The van der Waals surface area contributed by atoms with E-state index in [1.165, 1.54) is 4.52 Å². The van der Waals surface area contributed by atoms with E-state index >= 15 is 0 Å². The fourth-order valence-corrected chi connectivity index (χ4v) is 3.09. The lowest BCUT2D eigenvalue weighted by molar-refractivity contribution is -0.119. The maximum Gasteiger partial charge on any atom is 0.344 e. The predicted octanol–water partition coefficient (Wildman–Crippen LogP) is 3.50. The number of fused-ring (bicyclic) bond motifs is 1. The molecule has 144 valence electrons. The summed E-state index contributed by atoms with van der Waals surface area (Å²) in [5.41, 5.74) is 3.65. The van der Waals surface area contributed by atoms with Crippen LogP contribution in [0.3, 0.4) is 0 Å². The van der Waals surface area contributed by atoms with E-state index in [0.717, 1.165) is 11.1 Å². The van der Waals surface area contributed by atoms with Crippen molar-refractivity contribution in [2.45, 2.75) is 6.92 Å². The lowest BCUT2D eigenvalue weighted by atomic mass is 10.0. The zero-order valence-corrected chi connectivity index (χ0v) is 15.7. The van der Waals surface area contributed by atoms with Gasteiger partial charge in [-0.2, -0.15) is 5.10 Å². The number of hydrogen-bond acceptors (Lipinski definition) is 5. The molecule has 4 aromatic rings. The monoisotopic (exact) mass is 386 g/mol. The van der Waals surface area contributed by atoms with E-state index in [-0.39, 0.29) is 5.56 Å². The van der Waals surface area contributed by atoms with Crippen molar-refractivity contribution in [3.63, 3.8) is 0 Å². The van der Waals surface area contributed by atoms with E-state index in [2.05, 4.69) is 15.4 Å². The molecule has 7 heteroatoms. The lowest BCUT2D eigenvalue weighted by Gasteiger charge is -2.11. The Balaban J connectivity index is 1.46. The van der Waals surface area contributed by atoms with Gasteiger partial charge in [-0.1, -0.05) is 48.5 Å². The first-order valence-electron chi connectivity index (χ1n) is 9.05. The summed E-state index contributed by atoms with van der Waals surface area (Å²) in [6.07, 6.45) is 3.26. The molecule has 1 N–H and O–H groups in total. The van der Waals surface area contributed by atoms with Gasteiger partial charge in [-0.05, 0) is 24.6 Å². The first kappa shape index (κ1) is 18.4. The van der Waals surface area contributed by atoms with Crippen LogP contribution in [0, 0.1) is 6.92 Å². The molecule has 0 spiro atoms. The van der Waals surface area contributed by atoms with Gasteiger partial charge in [0.05, 0.1) is 5.69 Å². The largest absolute Gasteiger partial charge is 0.452 e. The fourth-order valence-electron chi connectivity index (χ4n) is 3.09. The molecule has 2 aromatic heterocycles. The molecule has 4 rings (SSSR count). The highest BCUT2D eigenvalue weighted by Crippen LogP contribution is 2.27. The van der Waals surface area contributed by atoms with Gasteiger partial charge in [-0.3, -0.25) is 4.79 Å². The number of carbonyl (C=O) groups is 2. The Hall–Kier alpha value is -4.00. The average Bonchev–Trinajstić information content (AvgIpc) is 3.09. The Morgan fingerprint density at radius 1 is 1.03 bits per heavy atom. The number of esters is 1. The van der Waals surface area contributed by atoms with Crippen LogP contribution in [0.4, 0.5) is 5.69 Å². The zero-order valence-electron chi connectivity index (χ0n) is 15.7. The third kappa shape index (κ3) is 3.84. The maximum atomic E-state index is 12.5. The van der Waals surface area contributed by atoms with Crippen molar-refractivity contribution >= 4 is 23.2 Å². The number of ether oxygens (including phenoxy) is 1. The van der Waals surface area contributed by atoms with Gasteiger partial charge in [0, 0.05) is 23.6 Å². The van der Waals surface area contributed by atoms with Crippen molar-refractivity contribution in [3.05, 3.63) is 84.3 Å². The summed E-state index contributed by atoms with van der Waals surface area (Å²) >= 11 is 0. The van der Waals surface area contributed by atoms with Gasteiger partial charge in [-0.25, -0.2) is 14.3 Å². The van der Waals surface area contributed by atoms with Crippen molar-refractivity contribution < 1.29 is 14.3 Å². The molecule has 0 radical (unpaired) electrons. The number of para-hydroxylation sites is 1. The van der Waals surface area contributed by atoms with E-state index in [0.29, 0.717) is 17.0 Å². The predicted molar refractivity (Wildman–Crippen MR) is 109 cm³/mol. The van der Waals surface area contributed by atoms with Gasteiger partial charge in [0.2, 0.25) is 0 Å². The molecule has 2 aromatic carbocycles. The number of benzene rings is 2. The number of nitrogens with one attached hydrogen (secondary N) is 1. The SMILES string of the molecule is Cc1nn2cccnc2c1C(=O)OCC(=O)Nc1ccccc1-c1ccccc1. The standard InChI is InChI=1S/C22H18N4O3/c1-15-20(21-23-12-7-13-26(21)25-15)22(28)29-14-19(27)24-18-11-6-5-10-17(18)16-8-3-2-4-9-16/h2-13H,14H2,1H3,(H,24,27). The molecule has 0 atom stereocenters. The molecule has 0 aliphatic heterocycles. The second-order valence-corrected chi connectivity index (χ2v) is 6.38. The molecule has 0 saturated heterocycles. The van der Waals surface area contributed by atoms with Crippen molar-refractivity contribution in [1.82, 2.24) is 14.6 Å². The van der Waals surface area contributed by atoms with E-state index in [4.69, 9.17) is 4.74 Å². The lowest BCUT2D eigenvalue weighted by Crippen LogP contribution is -2.21. The molecule has 0 bridgehead atoms. The quantitative estimate of drug-likeness (QED) is 0.531. The minimum absolute atomic E-state index is 0.253. The van der Waals surface area contributed by atoms with Gasteiger partial charge in [-0.15, -0.1) is 0 Å². The number of aromatic nitrogens is 3. The van der Waals surface area contributed by atoms with Crippen LogP contribution in [0.25, 0.3) is 16.8 Å². The van der Waals surface area contributed by atoms with Crippen molar-refractivity contribution in [2.75, 3.05) is 11.9 Å². The normalized spacial score (nSPS) is 10.7. The second kappa shape index (κ2) is 7.93. The minimum Gasteiger partial charge on any atom is -0.452 e. The van der Waals surface area contributed by atoms with Crippen LogP contribution in [0.5, 0.6) is 0 Å². The van der Waals surface area contributed by atoms with Gasteiger partial charge in [0.15, 0.2) is 12.3 Å². The number of aryl methyl sites for hydroxylation is 1. The van der Waals surface area contributed by atoms with Gasteiger partial charge >= 0.3 is 5.97 Å². The number of rotatable bonds is 5. The highest BCUT2D eigenvalue weighted by molar-refractivity contribution is 6.00. The summed E-state index contributed by atoms with van der Waals surface area (Å²) in [5.74, 6) is -1.06. The fraction of sp³-hybridized carbons (Fsp3) is 0.0909.